The van der Waals surface area contributed by atoms with Gasteiger partial charge in [0.05, 0.1) is 6.61 Å². The number of hydrogen-bond acceptors (Lipinski definition) is 3. The molecule has 0 amide bonds. The van der Waals surface area contributed by atoms with Crippen molar-refractivity contribution in [2.75, 3.05) is 6.61 Å². The average Bonchev–Trinajstić information content (AvgIpc) is 2.09. The largest absolute Gasteiger partial charge is 0.465 e. The van der Waals surface area contributed by atoms with E-state index in [1.807, 2.05) is 0 Å². The fourth-order valence-electron chi connectivity index (χ4n) is 1.45. The third-order valence-corrected chi connectivity index (χ3v) is 2.99. The molecule has 0 aliphatic heterocycles. The molecule has 13 heavy (non-hydrogen) atoms. The number of carbonyl (C=O) groups is 2. The molecule has 1 fully saturated rings. The predicted molar refractivity (Wildman–Crippen MR) is 51.7 cm³/mol. The Morgan fingerprint density at radius 3 is 3.00 bits per heavy atom. The second-order valence-corrected chi connectivity index (χ2v) is 4.44. The third kappa shape index (κ3) is 2.79. The number of ether oxygens (including phenoxy) is 1. The molecule has 1 aliphatic carbocycles. The summed E-state index contributed by atoms with van der Waals surface area (Å²) in [6.45, 7) is 2.09. The van der Waals surface area contributed by atoms with Crippen LogP contribution in [0.15, 0.2) is 0 Å². The van der Waals surface area contributed by atoms with Crippen LogP contribution >= 0.6 is 15.9 Å². The summed E-state index contributed by atoms with van der Waals surface area (Å²) in [5.41, 5.74) is 0. The fraction of sp³-hybridized carbons (Fsp3) is 0.778. The second kappa shape index (κ2) is 4.74. The summed E-state index contributed by atoms with van der Waals surface area (Å²) in [6.07, 6.45) is 1.89. The summed E-state index contributed by atoms with van der Waals surface area (Å²) in [4.78, 5) is 22.9. The first kappa shape index (κ1) is 10.7. The molecule has 74 valence electrons. The first-order chi connectivity index (χ1) is 6.15. The van der Waals surface area contributed by atoms with E-state index in [-0.39, 0.29) is 16.6 Å². The molecule has 0 bridgehead atoms. The van der Waals surface area contributed by atoms with Crippen molar-refractivity contribution in [3.63, 3.8) is 0 Å². The topological polar surface area (TPSA) is 43.4 Å². The highest BCUT2D eigenvalue weighted by atomic mass is 79.9. The number of Topliss-reactive ketones (excluding diaryl/α,β-unsaturated/α-hetero) is 1. The van der Waals surface area contributed by atoms with Crippen LogP contribution in [-0.4, -0.2) is 23.2 Å². The minimum absolute atomic E-state index is 0.0224. The number of carbonyl (C=O) groups excluding carboxylic acids is 2. The van der Waals surface area contributed by atoms with Crippen LogP contribution in [0.3, 0.4) is 0 Å². The second-order valence-electron chi connectivity index (χ2n) is 3.14. The highest BCUT2D eigenvalue weighted by molar-refractivity contribution is 9.09. The lowest BCUT2D eigenvalue weighted by molar-refractivity contribution is -0.152. The van der Waals surface area contributed by atoms with Crippen LogP contribution in [0.2, 0.25) is 0 Å². The number of rotatable bonds is 2. The SMILES string of the molecule is CCOC(=O)C1CC(Br)CCC1=O. The highest BCUT2D eigenvalue weighted by Gasteiger charge is 2.33. The van der Waals surface area contributed by atoms with Crippen molar-refractivity contribution < 1.29 is 14.3 Å². The van der Waals surface area contributed by atoms with Gasteiger partial charge in [0.2, 0.25) is 0 Å². The molecule has 4 heteroatoms. The summed E-state index contributed by atoms with van der Waals surface area (Å²) < 4.78 is 4.82. The molecule has 0 saturated heterocycles. The summed E-state index contributed by atoms with van der Waals surface area (Å²) in [5, 5.41) is 0. The van der Waals surface area contributed by atoms with E-state index in [0.29, 0.717) is 19.4 Å². The molecule has 0 radical (unpaired) electrons. The smallest absolute Gasteiger partial charge is 0.316 e. The zero-order chi connectivity index (χ0) is 9.84. The van der Waals surface area contributed by atoms with Gasteiger partial charge < -0.3 is 4.74 Å². The van der Waals surface area contributed by atoms with Crippen LogP contribution in [-0.2, 0) is 14.3 Å². The minimum Gasteiger partial charge on any atom is -0.465 e. The van der Waals surface area contributed by atoms with Crippen molar-refractivity contribution in [1.82, 2.24) is 0 Å². The van der Waals surface area contributed by atoms with Gasteiger partial charge in [-0.25, -0.2) is 0 Å². The predicted octanol–water partition coefficient (Wildman–Crippen LogP) is 1.68. The molecule has 0 aromatic carbocycles. The molecule has 1 rings (SSSR count). The Kier molecular flexibility index (Phi) is 3.90. The van der Waals surface area contributed by atoms with Gasteiger partial charge in [0.25, 0.3) is 0 Å². The Morgan fingerprint density at radius 2 is 2.38 bits per heavy atom. The zero-order valence-corrected chi connectivity index (χ0v) is 9.17. The van der Waals surface area contributed by atoms with E-state index in [0.717, 1.165) is 6.42 Å². The normalized spacial score (nSPS) is 28.6. The molecule has 2 unspecified atom stereocenters. The lowest BCUT2D eigenvalue weighted by Gasteiger charge is -2.22. The van der Waals surface area contributed by atoms with Gasteiger partial charge >= 0.3 is 5.97 Å². The number of esters is 1. The number of hydrogen-bond donors (Lipinski definition) is 0. The lowest BCUT2D eigenvalue weighted by atomic mass is 9.88. The van der Waals surface area contributed by atoms with E-state index < -0.39 is 5.92 Å². The molecule has 0 aromatic heterocycles. The number of alkyl halides is 1. The molecule has 2 atom stereocenters. The molecule has 1 saturated carbocycles. The van der Waals surface area contributed by atoms with Crippen molar-refractivity contribution in [2.24, 2.45) is 5.92 Å². The van der Waals surface area contributed by atoms with Gasteiger partial charge in [-0.3, -0.25) is 9.59 Å². The summed E-state index contributed by atoms with van der Waals surface area (Å²) >= 11 is 3.42. The van der Waals surface area contributed by atoms with Crippen LogP contribution in [0.25, 0.3) is 0 Å². The maximum Gasteiger partial charge on any atom is 0.316 e. The Hall–Kier alpha value is -0.380. The maximum atomic E-state index is 11.3. The van der Waals surface area contributed by atoms with Crippen LogP contribution < -0.4 is 0 Å². The molecule has 0 heterocycles. The molecular formula is C9H13BrO3. The minimum atomic E-state index is -0.530. The number of ketones is 1. The molecule has 1 aliphatic rings. The number of halogens is 1. The Morgan fingerprint density at radius 1 is 1.69 bits per heavy atom. The maximum absolute atomic E-state index is 11.3. The summed E-state index contributed by atoms with van der Waals surface area (Å²) in [7, 11) is 0. The molecule has 0 N–H and O–H groups in total. The summed E-state index contributed by atoms with van der Waals surface area (Å²) in [6, 6.07) is 0. The van der Waals surface area contributed by atoms with Gasteiger partial charge in [0.15, 0.2) is 0 Å². The lowest BCUT2D eigenvalue weighted by Crippen LogP contribution is -2.32. The van der Waals surface area contributed by atoms with Crippen molar-refractivity contribution in [3.8, 4) is 0 Å². The van der Waals surface area contributed by atoms with E-state index in [9.17, 15) is 9.59 Å². The van der Waals surface area contributed by atoms with Crippen molar-refractivity contribution in [1.29, 1.82) is 0 Å². The van der Waals surface area contributed by atoms with Crippen LogP contribution in [0.5, 0.6) is 0 Å². The monoisotopic (exact) mass is 248 g/mol. The highest BCUT2D eigenvalue weighted by Crippen LogP contribution is 2.27. The van der Waals surface area contributed by atoms with E-state index in [2.05, 4.69) is 15.9 Å². The van der Waals surface area contributed by atoms with Crippen LogP contribution in [0.4, 0.5) is 0 Å². The van der Waals surface area contributed by atoms with E-state index >= 15 is 0 Å². The van der Waals surface area contributed by atoms with Crippen LogP contribution in [0.1, 0.15) is 26.2 Å². The standard InChI is InChI=1S/C9H13BrO3/c1-2-13-9(12)7-5-6(10)3-4-8(7)11/h6-7H,2-5H2,1H3. The van der Waals surface area contributed by atoms with Crippen molar-refractivity contribution >= 4 is 27.7 Å². The summed E-state index contributed by atoms with van der Waals surface area (Å²) in [5.74, 6) is -0.871. The Bertz CT molecular complexity index is 215. The zero-order valence-electron chi connectivity index (χ0n) is 7.59. The molecule has 3 nitrogen and oxygen atoms in total. The van der Waals surface area contributed by atoms with Gasteiger partial charge in [-0.15, -0.1) is 0 Å². The molecule has 0 spiro atoms. The third-order valence-electron chi connectivity index (χ3n) is 2.16. The van der Waals surface area contributed by atoms with E-state index in [1.54, 1.807) is 6.92 Å². The van der Waals surface area contributed by atoms with Crippen LogP contribution in [0, 0.1) is 5.92 Å². The Labute approximate surface area is 86.0 Å². The van der Waals surface area contributed by atoms with E-state index in [4.69, 9.17) is 4.74 Å². The van der Waals surface area contributed by atoms with Gasteiger partial charge in [-0.05, 0) is 19.8 Å². The van der Waals surface area contributed by atoms with Crippen molar-refractivity contribution in [3.05, 3.63) is 0 Å². The van der Waals surface area contributed by atoms with Gasteiger partial charge in [-0.2, -0.15) is 0 Å². The van der Waals surface area contributed by atoms with Gasteiger partial charge in [0.1, 0.15) is 11.7 Å². The molecular weight excluding hydrogens is 236 g/mol. The van der Waals surface area contributed by atoms with Crippen molar-refractivity contribution in [2.45, 2.75) is 31.0 Å². The van der Waals surface area contributed by atoms with Gasteiger partial charge in [-0.1, -0.05) is 15.9 Å². The Balaban J connectivity index is 2.55. The van der Waals surface area contributed by atoms with Gasteiger partial charge in [0, 0.05) is 11.2 Å². The van der Waals surface area contributed by atoms with E-state index in [1.165, 1.54) is 0 Å². The average molecular weight is 249 g/mol. The quantitative estimate of drug-likeness (QED) is 0.425. The molecule has 0 aromatic rings. The first-order valence-corrected chi connectivity index (χ1v) is 5.40. The first-order valence-electron chi connectivity index (χ1n) is 4.48. The fourth-order valence-corrected chi connectivity index (χ4v) is 2.05.